The van der Waals surface area contributed by atoms with Gasteiger partial charge in [0.2, 0.25) is 0 Å². The fraction of sp³-hybridized carbons (Fsp3) is 0.364. The summed E-state index contributed by atoms with van der Waals surface area (Å²) in [6.07, 6.45) is 0.323. The number of hydrazine groups is 1. The number of nitrogens with zero attached hydrogens (tertiary/aromatic N) is 2. The summed E-state index contributed by atoms with van der Waals surface area (Å²) < 4.78 is 34.9. The van der Waals surface area contributed by atoms with E-state index in [0.717, 1.165) is 0 Å². The standard InChI is InChI=1S/C22H23F2N5O4/c23-22(24)8-4-7-17(18(22)27-21(32)33-12-13-5-2-1-3-6-13)29-11-16-15(20(29)31)9-14(10-26-16)19(30)28-25/h1-3,5-6,9-10,17-18H,4,7-8,11-12,25H2,(H,27,32)(H,28,30)/t17-,18+/m1/s1. The molecule has 0 radical (unpaired) electrons. The summed E-state index contributed by atoms with van der Waals surface area (Å²) in [7, 11) is 0. The molecule has 4 N–H and O–H groups in total. The van der Waals surface area contributed by atoms with Gasteiger partial charge in [-0.2, -0.15) is 0 Å². The van der Waals surface area contributed by atoms with Crippen molar-refractivity contribution in [2.75, 3.05) is 0 Å². The van der Waals surface area contributed by atoms with Gasteiger partial charge in [-0.3, -0.25) is 20.0 Å². The number of rotatable bonds is 5. The summed E-state index contributed by atoms with van der Waals surface area (Å²) in [6, 6.07) is 7.59. The van der Waals surface area contributed by atoms with Gasteiger partial charge in [-0.1, -0.05) is 30.3 Å². The lowest BCUT2D eigenvalue weighted by atomic mass is 9.86. The highest BCUT2D eigenvalue weighted by Gasteiger charge is 2.52. The largest absolute Gasteiger partial charge is 0.445 e. The van der Waals surface area contributed by atoms with Crippen LogP contribution in [0, 0.1) is 0 Å². The zero-order chi connectivity index (χ0) is 23.6. The molecule has 0 unspecified atom stereocenters. The van der Waals surface area contributed by atoms with Crippen LogP contribution >= 0.6 is 0 Å². The van der Waals surface area contributed by atoms with E-state index in [9.17, 15) is 23.2 Å². The molecule has 1 fully saturated rings. The molecule has 0 saturated heterocycles. The van der Waals surface area contributed by atoms with Crippen LogP contribution in [0.4, 0.5) is 13.6 Å². The number of aromatic nitrogens is 1. The Morgan fingerprint density at radius 2 is 2.03 bits per heavy atom. The van der Waals surface area contributed by atoms with Crippen LogP contribution in [0.2, 0.25) is 0 Å². The molecular weight excluding hydrogens is 436 g/mol. The minimum Gasteiger partial charge on any atom is -0.445 e. The second-order valence-electron chi connectivity index (χ2n) is 8.03. The number of hydrogen-bond donors (Lipinski definition) is 3. The summed E-state index contributed by atoms with van der Waals surface area (Å²) >= 11 is 0. The molecule has 9 nitrogen and oxygen atoms in total. The summed E-state index contributed by atoms with van der Waals surface area (Å²) in [4.78, 5) is 42.6. The average Bonchev–Trinajstić information content (AvgIpc) is 3.14. The van der Waals surface area contributed by atoms with Crippen molar-refractivity contribution >= 4 is 17.9 Å². The van der Waals surface area contributed by atoms with Crippen molar-refractivity contribution in [1.29, 1.82) is 0 Å². The SMILES string of the molecule is NNC(=O)c1cnc2c(c1)C(=O)N([C@@H]1CCCC(F)(F)[C@H]1NC(=O)OCc1ccccc1)C2. The quantitative estimate of drug-likeness (QED) is 0.357. The number of nitrogen functional groups attached to an aromatic ring is 1. The number of nitrogens with one attached hydrogen (secondary N) is 2. The predicted molar refractivity (Wildman–Crippen MR) is 112 cm³/mol. The maximum Gasteiger partial charge on any atom is 0.407 e. The van der Waals surface area contributed by atoms with E-state index >= 15 is 0 Å². The van der Waals surface area contributed by atoms with Crippen molar-refractivity contribution in [3.63, 3.8) is 0 Å². The van der Waals surface area contributed by atoms with Crippen LogP contribution in [0.15, 0.2) is 42.6 Å². The first-order valence-corrected chi connectivity index (χ1v) is 10.5. The molecule has 2 atom stereocenters. The van der Waals surface area contributed by atoms with Gasteiger partial charge in [0.15, 0.2) is 0 Å². The number of pyridine rings is 1. The third-order valence-corrected chi connectivity index (χ3v) is 5.91. The molecule has 4 rings (SSSR count). The molecule has 1 aromatic carbocycles. The number of amides is 3. The lowest BCUT2D eigenvalue weighted by Crippen LogP contribution is -2.62. The molecule has 1 aromatic heterocycles. The highest BCUT2D eigenvalue weighted by atomic mass is 19.3. The first kappa shape index (κ1) is 22.6. The second kappa shape index (κ2) is 9.10. The van der Waals surface area contributed by atoms with E-state index in [0.29, 0.717) is 11.3 Å². The summed E-state index contributed by atoms with van der Waals surface area (Å²) in [5.41, 5.74) is 3.28. The van der Waals surface area contributed by atoms with Gasteiger partial charge in [0.25, 0.3) is 17.7 Å². The summed E-state index contributed by atoms with van der Waals surface area (Å²) in [5, 5.41) is 2.29. The topological polar surface area (TPSA) is 127 Å². The van der Waals surface area contributed by atoms with E-state index in [1.54, 1.807) is 24.3 Å². The molecule has 1 aliphatic carbocycles. The highest BCUT2D eigenvalue weighted by molar-refractivity contribution is 6.01. The molecule has 2 heterocycles. The fourth-order valence-electron chi connectivity index (χ4n) is 4.25. The van der Waals surface area contributed by atoms with Crippen molar-refractivity contribution in [3.05, 3.63) is 65.0 Å². The lowest BCUT2D eigenvalue weighted by Gasteiger charge is -2.42. The first-order chi connectivity index (χ1) is 15.8. The van der Waals surface area contributed by atoms with Gasteiger partial charge >= 0.3 is 6.09 Å². The van der Waals surface area contributed by atoms with E-state index < -0.39 is 42.3 Å². The Balaban J connectivity index is 1.50. The lowest BCUT2D eigenvalue weighted by molar-refractivity contribution is -0.0887. The molecule has 0 spiro atoms. The van der Waals surface area contributed by atoms with E-state index in [2.05, 4.69) is 10.3 Å². The molecule has 2 aliphatic rings. The minimum atomic E-state index is -3.23. The maximum atomic E-state index is 14.9. The van der Waals surface area contributed by atoms with Crippen LogP contribution in [0.25, 0.3) is 0 Å². The van der Waals surface area contributed by atoms with Crippen molar-refractivity contribution in [2.24, 2.45) is 5.84 Å². The monoisotopic (exact) mass is 459 g/mol. The normalized spacial score (nSPS) is 21.3. The molecule has 33 heavy (non-hydrogen) atoms. The molecule has 1 aliphatic heterocycles. The third kappa shape index (κ3) is 4.63. The Labute approximate surface area is 188 Å². The Morgan fingerprint density at radius 3 is 2.76 bits per heavy atom. The summed E-state index contributed by atoms with van der Waals surface area (Å²) in [5.74, 6) is 0.737. The van der Waals surface area contributed by atoms with Gasteiger partial charge in [-0.15, -0.1) is 0 Å². The van der Waals surface area contributed by atoms with Crippen molar-refractivity contribution in [3.8, 4) is 0 Å². The van der Waals surface area contributed by atoms with Gasteiger partial charge in [0.1, 0.15) is 12.6 Å². The zero-order valence-corrected chi connectivity index (χ0v) is 17.6. The van der Waals surface area contributed by atoms with Gasteiger partial charge in [-0.25, -0.2) is 19.4 Å². The second-order valence-corrected chi connectivity index (χ2v) is 8.03. The number of halogens is 2. The Morgan fingerprint density at radius 1 is 1.27 bits per heavy atom. The number of carbonyl (C=O) groups is 3. The minimum absolute atomic E-state index is 0.00329. The Hall–Kier alpha value is -3.60. The number of fused-ring (bicyclic) bond motifs is 1. The van der Waals surface area contributed by atoms with Crippen LogP contribution < -0.4 is 16.6 Å². The van der Waals surface area contributed by atoms with Crippen LogP contribution in [-0.2, 0) is 17.9 Å². The van der Waals surface area contributed by atoms with Crippen LogP contribution in [-0.4, -0.2) is 45.8 Å². The molecular formula is C22H23F2N5O4. The van der Waals surface area contributed by atoms with Gasteiger partial charge in [0, 0.05) is 12.6 Å². The van der Waals surface area contributed by atoms with Crippen molar-refractivity contribution < 1.29 is 27.9 Å². The number of nitrogens with two attached hydrogens (primary N) is 1. The zero-order valence-electron chi connectivity index (χ0n) is 17.6. The van der Waals surface area contributed by atoms with Crippen molar-refractivity contribution in [1.82, 2.24) is 20.6 Å². The maximum absolute atomic E-state index is 14.9. The van der Waals surface area contributed by atoms with Crippen molar-refractivity contribution in [2.45, 2.75) is 50.4 Å². The number of carbonyl (C=O) groups excluding carboxylic acids is 3. The number of benzene rings is 1. The van der Waals surface area contributed by atoms with E-state index in [-0.39, 0.29) is 37.1 Å². The number of hydrogen-bond acceptors (Lipinski definition) is 6. The predicted octanol–water partition coefficient (Wildman–Crippen LogP) is 2.12. The third-order valence-electron chi connectivity index (χ3n) is 5.91. The summed E-state index contributed by atoms with van der Waals surface area (Å²) in [6.45, 7) is -0.0731. The molecule has 1 saturated carbocycles. The molecule has 0 bridgehead atoms. The smallest absolute Gasteiger partial charge is 0.407 e. The van der Waals surface area contributed by atoms with Gasteiger partial charge < -0.3 is 15.0 Å². The Bertz CT molecular complexity index is 1070. The number of ether oxygens (including phenoxy) is 1. The molecule has 2 aromatic rings. The highest BCUT2D eigenvalue weighted by Crippen LogP contribution is 2.38. The first-order valence-electron chi connectivity index (χ1n) is 10.5. The van der Waals surface area contributed by atoms with Gasteiger partial charge in [-0.05, 0) is 24.5 Å². The Kier molecular flexibility index (Phi) is 6.23. The van der Waals surface area contributed by atoms with Crippen LogP contribution in [0.3, 0.4) is 0 Å². The van der Waals surface area contributed by atoms with E-state index in [1.807, 2.05) is 11.5 Å². The molecule has 174 valence electrons. The fourth-order valence-corrected chi connectivity index (χ4v) is 4.25. The van der Waals surface area contributed by atoms with Crippen LogP contribution in [0.1, 0.15) is 51.2 Å². The molecule has 11 heteroatoms. The van der Waals surface area contributed by atoms with Crippen LogP contribution in [0.5, 0.6) is 0 Å². The number of alkyl halides is 2. The van der Waals surface area contributed by atoms with E-state index in [1.165, 1.54) is 17.2 Å². The van der Waals surface area contributed by atoms with Gasteiger partial charge in [0.05, 0.1) is 29.4 Å². The molecule has 3 amide bonds. The van der Waals surface area contributed by atoms with E-state index in [4.69, 9.17) is 10.6 Å². The average molecular weight is 459 g/mol. The number of alkyl carbamates (subject to hydrolysis) is 1.